The van der Waals surface area contributed by atoms with Crippen molar-refractivity contribution in [2.24, 2.45) is 5.73 Å². The molecule has 0 atom stereocenters. The molecule has 0 unspecified atom stereocenters. The summed E-state index contributed by atoms with van der Waals surface area (Å²) in [5, 5.41) is 20.0. The van der Waals surface area contributed by atoms with Crippen LogP contribution in [-0.2, 0) is 19.7 Å². The Kier molecular flexibility index (Phi) is 13.6. The van der Waals surface area contributed by atoms with Crippen molar-refractivity contribution in [1.82, 2.24) is 25.2 Å². The van der Waals surface area contributed by atoms with Crippen LogP contribution in [0.5, 0.6) is 0 Å². The van der Waals surface area contributed by atoms with Gasteiger partial charge in [-0.15, -0.1) is 34.0 Å². The number of aliphatic hydroxyl groups is 1. The Morgan fingerprint density at radius 2 is 0.833 bits per heavy atom. The molecule has 0 aliphatic carbocycles. The number of thiazole rings is 3. The maximum atomic E-state index is 12.5. The molecule has 3 aromatic heterocycles. The number of aliphatic hydroxyl groups excluding tert-OH is 1. The van der Waals surface area contributed by atoms with E-state index in [-0.39, 0.29) is 36.8 Å². The zero-order valence-corrected chi connectivity index (χ0v) is 34.3. The number of fused-ring (bicyclic) bond motifs is 2. The lowest BCUT2D eigenvalue weighted by molar-refractivity contribution is 0.0641. The van der Waals surface area contributed by atoms with Gasteiger partial charge >= 0.3 is 0 Å². The first-order valence-electron chi connectivity index (χ1n) is 18.5. The van der Waals surface area contributed by atoms with Crippen molar-refractivity contribution in [2.75, 3.05) is 0 Å². The van der Waals surface area contributed by atoms with E-state index < -0.39 is 0 Å². The molecular formula is C46H36N6O5S3. The number of hydrogen-bond donors (Lipinski definition) is 3. The van der Waals surface area contributed by atoms with Crippen LogP contribution >= 0.6 is 34.0 Å². The standard InChI is InChI=1S/C18H12N2O2S.C10H10N2S.C10H9NOS.C8H5NO2/c21-17-14-7-3-4-8-15(14)18(22)20(17)11-12-5-1-2-6-13(12)16-19-9-10-23-16;11-7-8-3-1-2-4-9(8)10-12-5-6-13-10;12-7-8-3-1-2-4-9(8)10-11-5-6-13-10;10-7-5-3-1-2-4-6(5)8(11)9-7/h1-10H,11H2;1-6H,7,11H2;1-6,12H,7H2;1-4H,(H,9,10,11). The molecule has 0 radical (unpaired) electrons. The number of aromatic nitrogens is 3. The molecule has 4 amide bonds. The van der Waals surface area contributed by atoms with Gasteiger partial charge in [-0.2, -0.15) is 0 Å². The van der Waals surface area contributed by atoms with Gasteiger partial charge in [-0.3, -0.25) is 29.4 Å². The van der Waals surface area contributed by atoms with Crippen LogP contribution in [0.4, 0.5) is 0 Å². The first-order chi connectivity index (χ1) is 29.4. The van der Waals surface area contributed by atoms with Gasteiger partial charge in [0.05, 0.1) is 35.4 Å². The Balaban J connectivity index is 0.000000127. The lowest BCUT2D eigenvalue weighted by Gasteiger charge is -2.16. The van der Waals surface area contributed by atoms with E-state index in [4.69, 9.17) is 10.8 Å². The molecule has 0 fully saturated rings. The van der Waals surface area contributed by atoms with Crippen LogP contribution in [0.25, 0.3) is 31.7 Å². The number of carbonyl (C=O) groups excluding carboxylic acids is 4. The van der Waals surface area contributed by atoms with Gasteiger partial charge in [0.1, 0.15) is 15.0 Å². The summed E-state index contributed by atoms with van der Waals surface area (Å²) in [6, 6.07) is 37.3. The SMILES string of the molecule is NCc1ccccc1-c1nccs1.O=C1NC(=O)c2ccccc21.O=C1c2ccccc2C(=O)N1Cc1ccccc1-c1nccs1.OCc1ccccc1-c1nccs1. The molecule has 4 N–H and O–H groups in total. The molecule has 0 saturated carbocycles. The number of nitrogens with one attached hydrogen (secondary N) is 1. The molecule has 8 aromatic rings. The predicted molar refractivity (Wildman–Crippen MR) is 235 cm³/mol. The number of rotatable bonds is 7. The Labute approximate surface area is 357 Å². The van der Waals surface area contributed by atoms with Crippen LogP contribution in [0.1, 0.15) is 58.1 Å². The molecule has 0 bridgehead atoms. The van der Waals surface area contributed by atoms with Crippen LogP contribution in [-0.4, -0.2) is 48.6 Å². The summed E-state index contributed by atoms with van der Waals surface area (Å²) in [4.78, 5) is 61.0. The van der Waals surface area contributed by atoms with Gasteiger partial charge in [0.2, 0.25) is 0 Å². The Morgan fingerprint density at radius 3 is 1.23 bits per heavy atom. The maximum Gasteiger partial charge on any atom is 0.261 e. The normalized spacial score (nSPS) is 12.3. The van der Waals surface area contributed by atoms with Gasteiger partial charge in [-0.25, -0.2) is 15.0 Å². The largest absolute Gasteiger partial charge is 0.392 e. The van der Waals surface area contributed by atoms with Crippen LogP contribution in [0.15, 0.2) is 156 Å². The fourth-order valence-corrected chi connectivity index (χ4v) is 8.48. The second-order valence-corrected chi connectivity index (χ2v) is 15.6. The summed E-state index contributed by atoms with van der Waals surface area (Å²) >= 11 is 4.76. The van der Waals surface area contributed by atoms with Gasteiger partial charge in [0.25, 0.3) is 23.6 Å². The highest BCUT2D eigenvalue weighted by Gasteiger charge is 2.35. The minimum absolute atomic E-state index is 0.0652. The second kappa shape index (κ2) is 19.8. The summed E-state index contributed by atoms with van der Waals surface area (Å²) in [6.45, 7) is 0.883. The van der Waals surface area contributed by atoms with Crippen molar-refractivity contribution in [2.45, 2.75) is 19.7 Å². The summed E-state index contributed by atoms with van der Waals surface area (Å²) in [5.41, 5.74) is 13.7. The molecular weight excluding hydrogens is 813 g/mol. The monoisotopic (exact) mass is 848 g/mol. The van der Waals surface area contributed by atoms with Crippen molar-refractivity contribution in [3.05, 3.63) is 195 Å². The molecule has 60 heavy (non-hydrogen) atoms. The first kappa shape index (κ1) is 41.4. The summed E-state index contributed by atoms with van der Waals surface area (Å²) in [5.74, 6) is -1.07. The van der Waals surface area contributed by atoms with Crippen molar-refractivity contribution in [3.8, 4) is 31.7 Å². The van der Waals surface area contributed by atoms with E-state index in [9.17, 15) is 19.2 Å². The highest BCUT2D eigenvalue weighted by atomic mass is 32.1. The number of nitrogens with zero attached hydrogens (tertiary/aromatic N) is 4. The topological polar surface area (TPSA) is 168 Å². The molecule has 10 rings (SSSR count). The second-order valence-electron chi connectivity index (χ2n) is 12.9. The molecule has 11 nitrogen and oxygen atoms in total. The van der Waals surface area contributed by atoms with Crippen LogP contribution in [0.3, 0.4) is 0 Å². The average molecular weight is 849 g/mol. The number of hydrogen-bond acceptors (Lipinski definition) is 12. The smallest absolute Gasteiger partial charge is 0.261 e. The van der Waals surface area contributed by atoms with Crippen molar-refractivity contribution < 1.29 is 24.3 Å². The van der Waals surface area contributed by atoms with Crippen LogP contribution < -0.4 is 11.1 Å². The molecule has 298 valence electrons. The minimum Gasteiger partial charge on any atom is -0.392 e. The van der Waals surface area contributed by atoms with Gasteiger partial charge in [0.15, 0.2) is 0 Å². The van der Waals surface area contributed by atoms with E-state index in [1.807, 2.05) is 89.1 Å². The van der Waals surface area contributed by atoms with Gasteiger partial charge in [-0.1, -0.05) is 97.1 Å². The molecule has 5 aromatic carbocycles. The number of imide groups is 2. The average Bonchev–Trinajstić information content (AvgIpc) is 4.17. The van der Waals surface area contributed by atoms with Crippen LogP contribution in [0.2, 0.25) is 0 Å². The number of amides is 4. The molecule has 2 aliphatic rings. The highest BCUT2D eigenvalue weighted by Crippen LogP contribution is 2.30. The van der Waals surface area contributed by atoms with Gasteiger partial charge < -0.3 is 10.8 Å². The highest BCUT2D eigenvalue weighted by molar-refractivity contribution is 7.13. The van der Waals surface area contributed by atoms with E-state index in [0.29, 0.717) is 28.8 Å². The van der Waals surface area contributed by atoms with E-state index in [1.165, 1.54) is 16.2 Å². The number of carbonyl (C=O) groups is 4. The predicted octanol–water partition coefficient (Wildman–Crippen LogP) is 8.75. The minimum atomic E-state index is -0.300. The van der Waals surface area contributed by atoms with Crippen LogP contribution in [0, 0.1) is 0 Å². The third-order valence-electron chi connectivity index (χ3n) is 9.28. The maximum absolute atomic E-state index is 12.5. The number of benzene rings is 5. The zero-order chi connectivity index (χ0) is 41.8. The first-order valence-corrected chi connectivity index (χ1v) is 21.2. The van der Waals surface area contributed by atoms with E-state index in [0.717, 1.165) is 48.4 Å². The quantitative estimate of drug-likeness (QED) is 0.133. The summed E-state index contributed by atoms with van der Waals surface area (Å²) < 4.78 is 0. The Morgan fingerprint density at radius 1 is 0.483 bits per heavy atom. The molecule has 0 spiro atoms. The fourth-order valence-electron chi connectivity index (χ4n) is 6.38. The van der Waals surface area contributed by atoms with Crippen molar-refractivity contribution in [3.63, 3.8) is 0 Å². The fraction of sp³-hybridized carbons (Fsp3) is 0.0652. The molecule has 2 aliphatic heterocycles. The Bertz CT molecular complexity index is 2590. The van der Waals surface area contributed by atoms with E-state index >= 15 is 0 Å². The van der Waals surface area contributed by atoms with E-state index in [1.54, 1.807) is 83.6 Å². The molecule has 5 heterocycles. The number of nitrogens with two attached hydrogens (primary N) is 1. The summed E-state index contributed by atoms with van der Waals surface area (Å²) in [6.07, 6.45) is 5.33. The summed E-state index contributed by atoms with van der Waals surface area (Å²) in [7, 11) is 0. The Hall–Kier alpha value is -6.81. The zero-order valence-electron chi connectivity index (χ0n) is 31.8. The molecule has 14 heteroatoms. The third kappa shape index (κ3) is 9.39. The van der Waals surface area contributed by atoms with E-state index in [2.05, 4.69) is 26.3 Å². The lowest BCUT2D eigenvalue weighted by Crippen LogP contribution is -2.29. The van der Waals surface area contributed by atoms with Crippen molar-refractivity contribution in [1.29, 1.82) is 0 Å². The molecule has 0 saturated heterocycles. The van der Waals surface area contributed by atoms with Gasteiger partial charge in [0, 0.05) is 58.0 Å². The lowest BCUT2D eigenvalue weighted by atomic mass is 10.1. The van der Waals surface area contributed by atoms with Gasteiger partial charge in [-0.05, 0) is 41.0 Å². The third-order valence-corrected chi connectivity index (χ3v) is 11.7. The van der Waals surface area contributed by atoms with Crippen molar-refractivity contribution >= 4 is 57.6 Å².